The van der Waals surface area contributed by atoms with Gasteiger partial charge in [-0.2, -0.15) is 5.10 Å². The Bertz CT molecular complexity index is 791. The number of carbonyl (C=O) groups excluding carboxylic acids is 1. The molecule has 0 radical (unpaired) electrons. The predicted octanol–water partition coefficient (Wildman–Crippen LogP) is 3.58. The van der Waals surface area contributed by atoms with E-state index in [4.69, 9.17) is 4.74 Å². The molecule has 0 spiro atoms. The summed E-state index contributed by atoms with van der Waals surface area (Å²) in [5.74, 6) is 0. The summed E-state index contributed by atoms with van der Waals surface area (Å²) in [6.45, 7) is 12.5. The van der Waals surface area contributed by atoms with E-state index in [2.05, 4.69) is 42.0 Å². The van der Waals surface area contributed by atoms with Crippen LogP contribution in [-0.4, -0.2) is 57.0 Å². The minimum atomic E-state index is -0.496. The van der Waals surface area contributed by atoms with Gasteiger partial charge in [-0.15, -0.1) is 0 Å². The fourth-order valence-corrected chi connectivity index (χ4v) is 3.49. The molecule has 6 heteroatoms. The number of amides is 1. The van der Waals surface area contributed by atoms with Crippen molar-refractivity contribution in [1.29, 1.82) is 0 Å². The molecule has 1 atom stereocenters. The largest absolute Gasteiger partial charge is 0.444 e. The van der Waals surface area contributed by atoms with Crippen LogP contribution >= 0.6 is 0 Å². The summed E-state index contributed by atoms with van der Waals surface area (Å²) in [4.78, 5) is 17.1. The molecule has 1 aromatic heterocycles. The lowest BCUT2D eigenvalue weighted by atomic mass is 10.0. The summed E-state index contributed by atoms with van der Waals surface area (Å²) >= 11 is 0. The van der Waals surface area contributed by atoms with Crippen molar-refractivity contribution in [3.63, 3.8) is 0 Å². The number of fused-ring (bicyclic) bond motifs is 1. The van der Waals surface area contributed by atoms with Gasteiger partial charge in [0, 0.05) is 38.1 Å². The Morgan fingerprint density at radius 2 is 2.00 bits per heavy atom. The molecular weight excluding hydrogens is 328 g/mol. The van der Waals surface area contributed by atoms with Crippen LogP contribution in [-0.2, 0) is 11.8 Å². The standard InChI is InChI=1S/C20H30N4O2/c1-14(2)23-9-10-24(19(25)26-20(3,4)5)18(13-23)15-7-8-17-16(11-15)12-21-22(17)6/h7-8,11-12,14,18H,9-10,13H2,1-6H3. The van der Waals surface area contributed by atoms with Crippen molar-refractivity contribution in [2.75, 3.05) is 19.6 Å². The Hall–Kier alpha value is -2.08. The van der Waals surface area contributed by atoms with Crippen molar-refractivity contribution >= 4 is 17.0 Å². The zero-order chi connectivity index (χ0) is 19.1. The molecule has 3 rings (SSSR count). The van der Waals surface area contributed by atoms with Gasteiger partial charge < -0.3 is 4.74 Å². The van der Waals surface area contributed by atoms with Crippen LogP contribution in [0.25, 0.3) is 10.9 Å². The van der Waals surface area contributed by atoms with Crippen LogP contribution in [0.5, 0.6) is 0 Å². The van der Waals surface area contributed by atoms with Gasteiger partial charge in [-0.3, -0.25) is 14.5 Å². The molecule has 1 fully saturated rings. The van der Waals surface area contributed by atoms with E-state index < -0.39 is 5.60 Å². The van der Waals surface area contributed by atoms with Gasteiger partial charge in [-0.25, -0.2) is 4.79 Å². The summed E-state index contributed by atoms with van der Waals surface area (Å²) in [6.07, 6.45) is 1.64. The van der Waals surface area contributed by atoms with Gasteiger partial charge in [-0.05, 0) is 52.3 Å². The zero-order valence-corrected chi connectivity index (χ0v) is 16.7. The normalized spacial score (nSPS) is 19.3. The van der Waals surface area contributed by atoms with Crippen molar-refractivity contribution in [2.24, 2.45) is 7.05 Å². The topological polar surface area (TPSA) is 50.6 Å². The SMILES string of the molecule is CC(C)N1CCN(C(=O)OC(C)(C)C)C(c2ccc3c(cnn3C)c2)C1. The number of hydrogen-bond donors (Lipinski definition) is 0. The summed E-state index contributed by atoms with van der Waals surface area (Å²) in [5, 5.41) is 5.42. The third-order valence-corrected chi connectivity index (χ3v) is 4.93. The molecule has 1 aliphatic rings. The van der Waals surface area contributed by atoms with Gasteiger partial charge in [-0.1, -0.05) is 6.07 Å². The maximum absolute atomic E-state index is 12.8. The number of nitrogens with zero attached hydrogens (tertiary/aromatic N) is 4. The first kappa shape index (κ1) is 18.7. The molecule has 1 aromatic carbocycles. The molecule has 1 amide bonds. The molecule has 1 unspecified atom stereocenters. The molecule has 0 aliphatic carbocycles. The number of hydrogen-bond acceptors (Lipinski definition) is 4. The van der Waals surface area contributed by atoms with E-state index in [1.807, 2.05) is 43.6 Å². The third-order valence-electron chi connectivity index (χ3n) is 4.93. The Balaban J connectivity index is 1.93. The number of ether oxygens (including phenoxy) is 1. The molecule has 6 nitrogen and oxygen atoms in total. The molecule has 0 saturated carbocycles. The number of piperazine rings is 1. The summed E-state index contributed by atoms with van der Waals surface area (Å²) in [7, 11) is 1.94. The van der Waals surface area contributed by atoms with Crippen molar-refractivity contribution < 1.29 is 9.53 Å². The van der Waals surface area contributed by atoms with Crippen molar-refractivity contribution in [3.05, 3.63) is 30.0 Å². The molecule has 142 valence electrons. The van der Waals surface area contributed by atoms with Crippen LogP contribution in [0.15, 0.2) is 24.4 Å². The van der Waals surface area contributed by atoms with Gasteiger partial charge in [0.2, 0.25) is 0 Å². The highest BCUT2D eigenvalue weighted by molar-refractivity contribution is 5.79. The first-order chi connectivity index (χ1) is 12.2. The fourth-order valence-electron chi connectivity index (χ4n) is 3.49. The van der Waals surface area contributed by atoms with E-state index in [-0.39, 0.29) is 12.1 Å². The Morgan fingerprint density at radius 3 is 2.65 bits per heavy atom. The van der Waals surface area contributed by atoms with Crippen molar-refractivity contribution in [3.8, 4) is 0 Å². The van der Waals surface area contributed by atoms with E-state index in [0.717, 1.165) is 29.6 Å². The smallest absolute Gasteiger partial charge is 0.410 e. The van der Waals surface area contributed by atoms with E-state index in [1.54, 1.807) is 0 Å². The molecule has 0 N–H and O–H groups in total. The van der Waals surface area contributed by atoms with Gasteiger partial charge in [0.15, 0.2) is 0 Å². The Labute approximate surface area is 155 Å². The van der Waals surface area contributed by atoms with Crippen molar-refractivity contribution in [1.82, 2.24) is 19.6 Å². The lowest BCUT2D eigenvalue weighted by Gasteiger charge is -2.43. The highest BCUT2D eigenvalue weighted by Crippen LogP contribution is 2.30. The summed E-state index contributed by atoms with van der Waals surface area (Å²) < 4.78 is 7.54. The maximum atomic E-state index is 12.8. The van der Waals surface area contributed by atoms with Crippen LogP contribution in [0.3, 0.4) is 0 Å². The average molecular weight is 358 g/mol. The first-order valence-corrected chi connectivity index (χ1v) is 9.31. The maximum Gasteiger partial charge on any atom is 0.410 e. The lowest BCUT2D eigenvalue weighted by Crippen LogP contribution is -2.53. The second-order valence-corrected chi connectivity index (χ2v) is 8.36. The second kappa shape index (κ2) is 6.91. The van der Waals surface area contributed by atoms with E-state index in [9.17, 15) is 4.79 Å². The van der Waals surface area contributed by atoms with Gasteiger partial charge in [0.25, 0.3) is 0 Å². The highest BCUT2D eigenvalue weighted by Gasteiger charge is 2.35. The van der Waals surface area contributed by atoms with E-state index >= 15 is 0 Å². The van der Waals surface area contributed by atoms with Crippen LogP contribution in [0.1, 0.15) is 46.2 Å². The van der Waals surface area contributed by atoms with E-state index in [1.165, 1.54) is 0 Å². The molecule has 0 bridgehead atoms. The molecule has 1 aliphatic heterocycles. The molecule has 2 aromatic rings. The summed E-state index contributed by atoms with van der Waals surface area (Å²) in [6, 6.07) is 6.76. The minimum absolute atomic E-state index is 0.0226. The Kier molecular flexibility index (Phi) is 4.97. The monoisotopic (exact) mass is 358 g/mol. The summed E-state index contributed by atoms with van der Waals surface area (Å²) in [5.41, 5.74) is 1.72. The third kappa shape index (κ3) is 3.85. The predicted molar refractivity (Wildman–Crippen MR) is 103 cm³/mol. The van der Waals surface area contributed by atoms with Crippen LogP contribution in [0, 0.1) is 0 Å². The number of rotatable bonds is 2. The average Bonchev–Trinajstić information content (AvgIpc) is 2.93. The minimum Gasteiger partial charge on any atom is -0.444 e. The van der Waals surface area contributed by atoms with Gasteiger partial charge in [0.05, 0.1) is 17.8 Å². The van der Waals surface area contributed by atoms with Gasteiger partial charge in [0.1, 0.15) is 5.60 Å². The highest BCUT2D eigenvalue weighted by atomic mass is 16.6. The Morgan fingerprint density at radius 1 is 1.27 bits per heavy atom. The van der Waals surface area contributed by atoms with Gasteiger partial charge >= 0.3 is 6.09 Å². The quantitative estimate of drug-likeness (QED) is 0.823. The molecule has 1 saturated heterocycles. The van der Waals surface area contributed by atoms with Crippen LogP contribution in [0.4, 0.5) is 4.79 Å². The van der Waals surface area contributed by atoms with E-state index in [0.29, 0.717) is 12.6 Å². The van der Waals surface area contributed by atoms with Crippen LogP contribution < -0.4 is 0 Å². The molecule has 26 heavy (non-hydrogen) atoms. The number of carbonyl (C=O) groups is 1. The molecular formula is C20H30N4O2. The molecule has 2 heterocycles. The van der Waals surface area contributed by atoms with Crippen molar-refractivity contribution in [2.45, 2.75) is 52.3 Å². The number of benzene rings is 1. The lowest BCUT2D eigenvalue weighted by molar-refractivity contribution is -0.00604. The van der Waals surface area contributed by atoms with Crippen LogP contribution in [0.2, 0.25) is 0 Å². The fraction of sp³-hybridized carbons (Fsp3) is 0.600. The first-order valence-electron chi connectivity index (χ1n) is 9.31. The zero-order valence-electron chi connectivity index (χ0n) is 16.7. The number of aryl methyl sites for hydroxylation is 1. The number of aromatic nitrogens is 2. The second-order valence-electron chi connectivity index (χ2n) is 8.36.